The smallest absolute Gasteiger partial charge is 0.267 e. The molecule has 7 heteroatoms. The first kappa shape index (κ1) is 19.2. The summed E-state index contributed by atoms with van der Waals surface area (Å²) in [5.41, 5.74) is 1.96. The molecule has 0 saturated carbocycles. The van der Waals surface area contributed by atoms with Gasteiger partial charge in [-0.15, -0.1) is 0 Å². The van der Waals surface area contributed by atoms with Gasteiger partial charge in [0.1, 0.15) is 11.6 Å². The van der Waals surface area contributed by atoms with Gasteiger partial charge in [-0.3, -0.25) is 4.79 Å². The Balaban J connectivity index is 2.13. The number of carbonyl (C=O) groups excluding carboxylic acids is 1. The van der Waals surface area contributed by atoms with E-state index in [9.17, 15) is 10.1 Å². The number of methoxy groups -OCH3 is 2. The number of halogens is 1. The molecule has 134 valence electrons. The lowest BCUT2D eigenvalue weighted by Crippen LogP contribution is -2.14. The Labute approximate surface area is 157 Å². The number of aryl methyl sites for hydroxylation is 1. The highest BCUT2D eigenvalue weighted by atomic mass is 35.5. The van der Waals surface area contributed by atoms with Crippen molar-refractivity contribution in [3.05, 3.63) is 58.8 Å². The second-order valence-corrected chi connectivity index (χ2v) is 5.71. The summed E-state index contributed by atoms with van der Waals surface area (Å²) in [6.07, 6.45) is 1.33. The van der Waals surface area contributed by atoms with E-state index in [-0.39, 0.29) is 5.57 Å². The van der Waals surface area contributed by atoms with Crippen LogP contribution in [-0.4, -0.2) is 20.1 Å². The molecule has 2 N–H and O–H groups in total. The molecule has 0 aliphatic rings. The van der Waals surface area contributed by atoms with Crippen LogP contribution >= 0.6 is 11.6 Å². The van der Waals surface area contributed by atoms with Crippen molar-refractivity contribution in [1.29, 1.82) is 5.26 Å². The van der Waals surface area contributed by atoms with Gasteiger partial charge in [-0.05, 0) is 36.8 Å². The van der Waals surface area contributed by atoms with Gasteiger partial charge >= 0.3 is 0 Å². The molecule has 0 bridgehead atoms. The van der Waals surface area contributed by atoms with Crippen molar-refractivity contribution in [3.8, 4) is 17.6 Å². The van der Waals surface area contributed by atoms with Crippen LogP contribution in [0.2, 0.25) is 5.02 Å². The van der Waals surface area contributed by atoms with E-state index in [4.69, 9.17) is 21.1 Å². The van der Waals surface area contributed by atoms with Crippen LogP contribution < -0.4 is 20.1 Å². The van der Waals surface area contributed by atoms with Crippen LogP contribution in [0.25, 0.3) is 0 Å². The van der Waals surface area contributed by atoms with Gasteiger partial charge in [0, 0.05) is 28.7 Å². The van der Waals surface area contributed by atoms with Crippen LogP contribution in [0, 0.1) is 18.3 Å². The van der Waals surface area contributed by atoms with Crippen molar-refractivity contribution in [3.63, 3.8) is 0 Å². The number of nitrogens with one attached hydrogen (secondary N) is 2. The summed E-state index contributed by atoms with van der Waals surface area (Å²) < 4.78 is 10.4. The van der Waals surface area contributed by atoms with Gasteiger partial charge in [0.25, 0.3) is 5.91 Å². The molecule has 1 amide bonds. The zero-order valence-corrected chi connectivity index (χ0v) is 15.3. The van der Waals surface area contributed by atoms with Crippen molar-refractivity contribution in [1.82, 2.24) is 0 Å². The molecular formula is C19H18ClN3O3. The second-order valence-electron chi connectivity index (χ2n) is 5.30. The predicted octanol–water partition coefficient (Wildman–Crippen LogP) is 4.12. The van der Waals surface area contributed by atoms with Gasteiger partial charge in [0.05, 0.1) is 14.2 Å². The third kappa shape index (κ3) is 4.68. The van der Waals surface area contributed by atoms with Gasteiger partial charge in [0.2, 0.25) is 0 Å². The zero-order valence-electron chi connectivity index (χ0n) is 14.6. The number of nitrogens with zero attached hydrogens (tertiary/aromatic N) is 1. The predicted molar refractivity (Wildman–Crippen MR) is 102 cm³/mol. The third-order valence-electron chi connectivity index (χ3n) is 3.56. The molecule has 0 aromatic heterocycles. The van der Waals surface area contributed by atoms with Crippen molar-refractivity contribution in [2.75, 3.05) is 24.9 Å². The van der Waals surface area contributed by atoms with Gasteiger partial charge in [0.15, 0.2) is 11.5 Å². The summed E-state index contributed by atoms with van der Waals surface area (Å²) in [5, 5.41) is 15.3. The average Bonchev–Trinajstić information content (AvgIpc) is 2.65. The number of hydrogen-bond acceptors (Lipinski definition) is 5. The lowest BCUT2D eigenvalue weighted by molar-refractivity contribution is -0.112. The molecule has 26 heavy (non-hydrogen) atoms. The average molecular weight is 372 g/mol. The standard InChI is InChI=1S/C19H18ClN3O3/c1-12-4-5-15(8-16(12)20)23-19(24)13(10-21)11-22-14-6-7-17(25-2)18(9-14)26-3/h4-9,11,22H,1-3H3,(H,23,24)/b13-11-. The number of amides is 1. The van der Waals surface area contributed by atoms with Crippen molar-refractivity contribution in [2.45, 2.75) is 6.92 Å². The summed E-state index contributed by atoms with van der Waals surface area (Å²) in [5.74, 6) is 0.570. The number of nitriles is 1. The Morgan fingerprint density at radius 1 is 1.12 bits per heavy atom. The molecule has 0 saturated heterocycles. The number of hydrogen-bond donors (Lipinski definition) is 2. The first-order valence-electron chi connectivity index (χ1n) is 7.64. The van der Waals surface area contributed by atoms with Crippen LogP contribution in [0.4, 0.5) is 11.4 Å². The maximum Gasteiger partial charge on any atom is 0.267 e. The molecule has 0 aliphatic heterocycles. The fourth-order valence-electron chi connectivity index (χ4n) is 2.10. The molecule has 0 heterocycles. The van der Waals surface area contributed by atoms with Crippen LogP contribution in [0.5, 0.6) is 11.5 Å². The van der Waals surface area contributed by atoms with Crippen molar-refractivity contribution in [2.24, 2.45) is 0 Å². The van der Waals surface area contributed by atoms with Gasteiger partial charge in [-0.25, -0.2) is 0 Å². The topological polar surface area (TPSA) is 83.4 Å². The quantitative estimate of drug-likeness (QED) is 0.589. The highest BCUT2D eigenvalue weighted by molar-refractivity contribution is 6.31. The van der Waals surface area contributed by atoms with Gasteiger partial charge < -0.3 is 20.1 Å². The fourth-order valence-corrected chi connectivity index (χ4v) is 2.28. The molecule has 2 rings (SSSR count). The number of carbonyl (C=O) groups is 1. The minimum atomic E-state index is -0.541. The van der Waals surface area contributed by atoms with E-state index in [1.54, 1.807) is 43.5 Å². The number of rotatable bonds is 6. The first-order valence-corrected chi connectivity index (χ1v) is 8.02. The Morgan fingerprint density at radius 2 is 1.81 bits per heavy atom. The lowest BCUT2D eigenvalue weighted by atomic mass is 10.2. The normalized spacial score (nSPS) is 10.7. The molecule has 2 aromatic rings. The summed E-state index contributed by atoms with van der Waals surface area (Å²) >= 11 is 6.04. The number of ether oxygens (including phenoxy) is 2. The molecule has 6 nitrogen and oxygen atoms in total. The molecule has 0 atom stereocenters. The Kier molecular flexibility index (Phi) is 6.48. The lowest BCUT2D eigenvalue weighted by Gasteiger charge is -2.10. The highest BCUT2D eigenvalue weighted by Crippen LogP contribution is 2.29. The first-order chi connectivity index (χ1) is 12.5. The number of benzene rings is 2. The zero-order chi connectivity index (χ0) is 19.1. The Morgan fingerprint density at radius 3 is 2.42 bits per heavy atom. The maximum absolute atomic E-state index is 12.3. The van der Waals surface area contributed by atoms with E-state index in [1.165, 1.54) is 13.3 Å². The second kappa shape index (κ2) is 8.79. The van der Waals surface area contributed by atoms with E-state index in [2.05, 4.69) is 10.6 Å². The molecule has 0 spiro atoms. The van der Waals surface area contributed by atoms with Gasteiger partial charge in [-0.1, -0.05) is 17.7 Å². The van der Waals surface area contributed by atoms with Crippen LogP contribution in [0.3, 0.4) is 0 Å². The van der Waals surface area contributed by atoms with E-state index >= 15 is 0 Å². The maximum atomic E-state index is 12.3. The minimum absolute atomic E-state index is 0.0866. The fraction of sp³-hybridized carbons (Fsp3) is 0.158. The molecule has 0 unspecified atom stereocenters. The Hall–Kier alpha value is -3.17. The van der Waals surface area contributed by atoms with Crippen LogP contribution in [0.15, 0.2) is 48.2 Å². The van der Waals surface area contributed by atoms with Crippen LogP contribution in [0.1, 0.15) is 5.56 Å². The van der Waals surface area contributed by atoms with E-state index < -0.39 is 5.91 Å². The molecule has 0 fully saturated rings. The van der Waals surface area contributed by atoms with E-state index in [1.807, 2.05) is 13.0 Å². The highest BCUT2D eigenvalue weighted by Gasteiger charge is 2.10. The van der Waals surface area contributed by atoms with Crippen molar-refractivity contribution >= 4 is 28.9 Å². The minimum Gasteiger partial charge on any atom is -0.493 e. The molecule has 0 aliphatic carbocycles. The molecular weight excluding hydrogens is 354 g/mol. The molecule has 2 aromatic carbocycles. The Bertz CT molecular complexity index is 888. The van der Waals surface area contributed by atoms with Crippen LogP contribution in [-0.2, 0) is 4.79 Å². The third-order valence-corrected chi connectivity index (χ3v) is 3.97. The summed E-state index contributed by atoms with van der Waals surface area (Å²) in [6, 6.07) is 12.2. The van der Waals surface area contributed by atoms with Crippen molar-refractivity contribution < 1.29 is 14.3 Å². The monoisotopic (exact) mass is 371 g/mol. The summed E-state index contributed by atoms with van der Waals surface area (Å²) in [6.45, 7) is 1.86. The summed E-state index contributed by atoms with van der Waals surface area (Å²) in [7, 11) is 3.07. The summed E-state index contributed by atoms with van der Waals surface area (Å²) in [4.78, 5) is 12.3. The largest absolute Gasteiger partial charge is 0.493 e. The van der Waals surface area contributed by atoms with E-state index in [0.717, 1.165) is 5.56 Å². The van der Waals surface area contributed by atoms with Gasteiger partial charge in [-0.2, -0.15) is 5.26 Å². The number of anilines is 2. The SMILES string of the molecule is COc1ccc(N/C=C(/C#N)C(=O)Nc2ccc(C)c(Cl)c2)cc1OC. The molecule has 0 radical (unpaired) electrons. The van der Waals surface area contributed by atoms with E-state index in [0.29, 0.717) is 27.9 Å².